The van der Waals surface area contributed by atoms with E-state index in [0.29, 0.717) is 37.4 Å². The average Bonchev–Trinajstić information content (AvgIpc) is 3.18. The number of ether oxygens (including phenoxy) is 1. The molecule has 0 radical (unpaired) electrons. The summed E-state index contributed by atoms with van der Waals surface area (Å²) < 4.78 is 22.6. The fourth-order valence-electron chi connectivity index (χ4n) is 4.08. The Morgan fingerprint density at radius 2 is 2.00 bits per heavy atom. The van der Waals surface area contributed by atoms with Gasteiger partial charge < -0.3 is 24.2 Å². The summed E-state index contributed by atoms with van der Waals surface area (Å²) in [7, 11) is 0. The molecule has 10 heteroatoms. The molecule has 160 valence electrons. The monoisotopic (exact) mass is 442 g/mol. The van der Waals surface area contributed by atoms with Crippen LogP contribution in [0.4, 0.5) is 15.2 Å². The molecule has 2 aromatic heterocycles. The number of carboxylic acids is 1. The molecule has 1 saturated heterocycles. The van der Waals surface area contributed by atoms with Crippen LogP contribution in [0, 0.1) is 12.7 Å². The number of hydrogen-bond acceptors (Lipinski definition) is 7. The van der Waals surface area contributed by atoms with Gasteiger partial charge in [-0.2, -0.15) is 0 Å². The van der Waals surface area contributed by atoms with Crippen molar-refractivity contribution in [1.82, 2.24) is 9.55 Å². The summed E-state index contributed by atoms with van der Waals surface area (Å²) in [5.74, 6) is -1.73. The number of pyridine rings is 1. The molecule has 0 unspecified atom stereocenters. The third-order valence-corrected chi connectivity index (χ3v) is 6.62. The van der Waals surface area contributed by atoms with Crippen molar-refractivity contribution in [2.75, 3.05) is 42.6 Å². The second-order valence-electron chi connectivity index (χ2n) is 7.58. The summed E-state index contributed by atoms with van der Waals surface area (Å²) in [6.45, 7) is 8.36. The summed E-state index contributed by atoms with van der Waals surface area (Å²) in [5, 5.41) is 12.3. The van der Waals surface area contributed by atoms with Gasteiger partial charge in [-0.1, -0.05) is 6.58 Å². The number of anilines is 2. The Labute approximate surface area is 180 Å². The predicted molar refractivity (Wildman–Crippen MR) is 117 cm³/mol. The van der Waals surface area contributed by atoms with Gasteiger partial charge in [-0.3, -0.25) is 4.79 Å². The fourth-order valence-corrected chi connectivity index (χ4v) is 4.94. The Hall–Kier alpha value is -3.40. The van der Waals surface area contributed by atoms with Crippen molar-refractivity contribution in [3.05, 3.63) is 51.5 Å². The van der Waals surface area contributed by atoms with Crippen LogP contribution in [0.2, 0.25) is 0 Å². The van der Waals surface area contributed by atoms with Gasteiger partial charge in [0.1, 0.15) is 23.4 Å². The number of halogens is 1. The lowest BCUT2D eigenvalue weighted by molar-refractivity contribution is 0.0695. The molecular formula is C21H19FN4O4S. The maximum Gasteiger partial charge on any atom is 0.341 e. The van der Waals surface area contributed by atoms with Gasteiger partial charge in [0.05, 0.1) is 16.8 Å². The summed E-state index contributed by atoms with van der Waals surface area (Å²) in [6.07, 6.45) is 1.24. The third-order valence-electron chi connectivity index (χ3n) is 5.60. The van der Waals surface area contributed by atoms with Crippen LogP contribution in [-0.4, -0.2) is 53.4 Å². The molecule has 1 fully saturated rings. The number of aromatic nitrogens is 2. The summed E-state index contributed by atoms with van der Waals surface area (Å²) >= 11 is 1.58. The highest BCUT2D eigenvalue weighted by Crippen LogP contribution is 2.42. The molecule has 0 amide bonds. The minimum atomic E-state index is -1.37. The molecule has 0 bridgehead atoms. The lowest BCUT2D eigenvalue weighted by Gasteiger charge is -2.37. The first-order chi connectivity index (χ1) is 14.8. The Morgan fingerprint density at radius 1 is 1.29 bits per heavy atom. The standard InChI is InChI=1S/C21H19FN4O4S/c1-11-10-31-21(23-11)25-5-3-24(4-6-25)17-15(22)7-13-16-19(17)30-9-12(2)26(16)8-14(18(13)27)20(28)29/h7-8,10H,2-6,9H2,1H3,(H,28,29). The first kappa shape index (κ1) is 19.6. The highest BCUT2D eigenvalue weighted by atomic mass is 32.1. The van der Waals surface area contributed by atoms with Crippen LogP contribution in [-0.2, 0) is 0 Å². The zero-order valence-electron chi connectivity index (χ0n) is 16.7. The Morgan fingerprint density at radius 3 is 2.65 bits per heavy atom. The normalized spacial score (nSPS) is 16.0. The van der Waals surface area contributed by atoms with E-state index in [1.54, 1.807) is 11.3 Å². The zero-order chi connectivity index (χ0) is 21.9. The van der Waals surface area contributed by atoms with Crippen molar-refractivity contribution in [3.63, 3.8) is 0 Å². The lowest BCUT2D eigenvalue weighted by Crippen LogP contribution is -2.47. The first-order valence-electron chi connectivity index (χ1n) is 9.73. The first-order valence-corrected chi connectivity index (χ1v) is 10.6. The van der Waals surface area contributed by atoms with Gasteiger partial charge in [0.25, 0.3) is 0 Å². The molecule has 0 saturated carbocycles. The number of aromatic carboxylic acids is 1. The highest BCUT2D eigenvalue weighted by Gasteiger charge is 2.30. The SMILES string of the molecule is C=C1COc2c(N3CCN(c4nc(C)cs4)CC3)c(F)cc3c(=O)c(C(=O)O)cn1c23. The second kappa shape index (κ2) is 7.09. The van der Waals surface area contributed by atoms with E-state index in [4.69, 9.17) is 4.74 Å². The molecule has 31 heavy (non-hydrogen) atoms. The van der Waals surface area contributed by atoms with Crippen molar-refractivity contribution in [2.45, 2.75) is 6.92 Å². The highest BCUT2D eigenvalue weighted by molar-refractivity contribution is 7.13. The van der Waals surface area contributed by atoms with Gasteiger partial charge in [-0.05, 0) is 13.0 Å². The summed E-state index contributed by atoms with van der Waals surface area (Å²) in [5.41, 5.74) is 0.904. The van der Waals surface area contributed by atoms with Crippen molar-refractivity contribution in [1.29, 1.82) is 0 Å². The Balaban J connectivity index is 1.59. The van der Waals surface area contributed by atoms with Crippen LogP contribution in [0.3, 0.4) is 0 Å². The van der Waals surface area contributed by atoms with E-state index in [-0.39, 0.29) is 23.4 Å². The number of hydrogen-bond donors (Lipinski definition) is 1. The number of nitrogens with zero attached hydrogens (tertiary/aromatic N) is 4. The lowest BCUT2D eigenvalue weighted by atomic mass is 10.1. The van der Waals surface area contributed by atoms with Gasteiger partial charge in [-0.25, -0.2) is 14.2 Å². The molecule has 1 aromatic carbocycles. The van der Waals surface area contributed by atoms with Crippen molar-refractivity contribution < 1.29 is 19.0 Å². The van der Waals surface area contributed by atoms with E-state index in [1.807, 2.05) is 17.2 Å². The quantitative estimate of drug-likeness (QED) is 0.667. The van der Waals surface area contributed by atoms with Gasteiger partial charge in [0, 0.05) is 37.8 Å². The molecular weight excluding hydrogens is 423 g/mol. The van der Waals surface area contributed by atoms with Gasteiger partial charge >= 0.3 is 5.97 Å². The molecule has 1 N–H and O–H groups in total. The molecule has 2 aliphatic rings. The van der Waals surface area contributed by atoms with Gasteiger partial charge in [0.15, 0.2) is 16.7 Å². The van der Waals surface area contributed by atoms with E-state index in [0.717, 1.165) is 16.9 Å². The number of carbonyl (C=O) groups is 1. The number of benzene rings is 1. The molecule has 8 nitrogen and oxygen atoms in total. The molecule has 4 heterocycles. The van der Waals surface area contributed by atoms with Crippen LogP contribution in [0.1, 0.15) is 16.1 Å². The van der Waals surface area contributed by atoms with E-state index < -0.39 is 22.8 Å². The minimum absolute atomic E-state index is 0.0334. The van der Waals surface area contributed by atoms with Crippen LogP contribution >= 0.6 is 11.3 Å². The maximum absolute atomic E-state index is 15.3. The number of rotatable bonds is 3. The van der Waals surface area contributed by atoms with Crippen LogP contribution in [0.5, 0.6) is 5.75 Å². The number of carboxylic acid groups (broad SMARTS) is 1. The zero-order valence-corrected chi connectivity index (χ0v) is 17.5. The minimum Gasteiger partial charge on any atom is -0.483 e. The smallest absolute Gasteiger partial charge is 0.341 e. The van der Waals surface area contributed by atoms with Crippen LogP contribution in [0.25, 0.3) is 16.6 Å². The van der Waals surface area contributed by atoms with Gasteiger partial charge in [-0.15, -0.1) is 11.3 Å². The topological polar surface area (TPSA) is 87.9 Å². The molecule has 0 spiro atoms. The Bertz CT molecular complexity index is 1310. The van der Waals surface area contributed by atoms with E-state index in [1.165, 1.54) is 10.8 Å². The average molecular weight is 442 g/mol. The van der Waals surface area contributed by atoms with Crippen molar-refractivity contribution >= 4 is 44.7 Å². The maximum atomic E-state index is 15.3. The second-order valence-corrected chi connectivity index (χ2v) is 8.42. The molecule has 2 aliphatic heterocycles. The molecule has 0 aliphatic carbocycles. The fraction of sp³-hybridized carbons (Fsp3) is 0.286. The van der Waals surface area contributed by atoms with E-state index in [9.17, 15) is 14.7 Å². The molecule has 5 rings (SSSR count). The number of piperazine rings is 1. The van der Waals surface area contributed by atoms with E-state index in [2.05, 4.69) is 16.5 Å². The summed E-state index contributed by atoms with van der Waals surface area (Å²) in [6, 6.07) is 1.11. The van der Waals surface area contributed by atoms with Crippen molar-refractivity contribution in [2.24, 2.45) is 0 Å². The van der Waals surface area contributed by atoms with Crippen molar-refractivity contribution in [3.8, 4) is 5.75 Å². The largest absolute Gasteiger partial charge is 0.483 e. The third kappa shape index (κ3) is 3.05. The van der Waals surface area contributed by atoms with Gasteiger partial charge in [0.2, 0.25) is 5.43 Å². The van der Waals surface area contributed by atoms with Crippen LogP contribution in [0.15, 0.2) is 29.0 Å². The summed E-state index contributed by atoms with van der Waals surface area (Å²) in [4.78, 5) is 32.8. The van der Waals surface area contributed by atoms with Crippen LogP contribution < -0.4 is 20.0 Å². The number of thiazole rings is 1. The number of aryl methyl sites for hydroxylation is 1. The predicted octanol–water partition coefficient (Wildman–Crippen LogP) is 2.79. The van der Waals surface area contributed by atoms with E-state index >= 15 is 4.39 Å². The Kier molecular flexibility index (Phi) is 4.47. The molecule has 3 aromatic rings. The molecule has 0 atom stereocenters.